The topological polar surface area (TPSA) is 79.5 Å². The molecule has 0 aliphatic carbocycles. The van der Waals surface area contributed by atoms with Gasteiger partial charge in [0.05, 0.1) is 5.56 Å². The third-order valence-corrected chi connectivity index (χ3v) is 3.13. The van der Waals surface area contributed by atoms with Crippen molar-refractivity contribution in [2.24, 2.45) is 5.73 Å². The molecule has 0 bridgehead atoms. The van der Waals surface area contributed by atoms with Crippen molar-refractivity contribution in [1.29, 1.82) is 0 Å². The number of anilines is 1. The second-order valence-corrected chi connectivity index (χ2v) is 4.54. The lowest BCUT2D eigenvalue weighted by Gasteiger charge is -2.21. The van der Waals surface area contributed by atoms with Crippen LogP contribution in [0.4, 0.5) is 19.0 Å². The molecule has 0 amide bonds. The highest BCUT2D eigenvalue weighted by Crippen LogP contribution is 2.30. The molecule has 0 radical (unpaired) electrons. The summed E-state index contributed by atoms with van der Waals surface area (Å²) in [5.41, 5.74) is 3.47. The zero-order valence-corrected chi connectivity index (χ0v) is 9.81. The normalized spacial score (nSPS) is 23.7. The fourth-order valence-electron chi connectivity index (χ4n) is 1.94. The van der Waals surface area contributed by atoms with Crippen LogP contribution >= 0.6 is 0 Å². The van der Waals surface area contributed by atoms with Gasteiger partial charge in [0.2, 0.25) is 0 Å². The summed E-state index contributed by atoms with van der Waals surface area (Å²) in [4.78, 5) is 16.2. The van der Waals surface area contributed by atoms with Crippen molar-refractivity contribution < 1.29 is 23.1 Å². The van der Waals surface area contributed by atoms with Gasteiger partial charge in [-0.1, -0.05) is 0 Å². The van der Waals surface area contributed by atoms with E-state index >= 15 is 0 Å². The number of aromatic nitrogens is 1. The Morgan fingerprint density at radius 1 is 1.47 bits per heavy atom. The SMILES string of the molecule is NC1(C(=O)O)CCN(c2ccc(C(F)(F)F)cn2)C1. The number of aliphatic carboxylic acids is 1. The van der Waals surface area contributed by atoms with Crippen molar-refractivity contribution in [3.05, 3.63) is 23.9 Å². The quantitative estimate of drug-likeness (QED) is 0.844. The Kier molecular flexibility index (Phi) is 3.13. The number of carboxylic acids is 1. The van der Waals surface area contributed by atoms with E-state index in [1.807, 2.05) is 0 Å². The lowest BCUT2D eigenvalue weighted by atomic mass is 10.0. The molecule has 0 aromatic carbocycles. The molecule has 1 atom stereocenters. The van der Waals surface area contributed by atoms with E-state index in [9.17, 15) is 18.0 Å². The molecule has 1 unspecified atom stereocenters. The van der Waals surface area contributed by atoms with Crippen molar-refractivity contribution in [3.8, 4) is 0 Å². The molecule has 8 heteroatoms. The minimum absolute atomic E-state index is 0.0285. The van der Waals surface area contributed by atoms with Crippen LogP contribution in [-0.2, 0) is 11.0 Å². The summed E-state index contributed by atoms with van der Waals surface area (Å²) in [6.07, 6.45) is -3.48. The van der Waals surface area contributed by atoms with Crippen LogP contribution in [-0.4, -0.2) is 34.7 Å². The van der Waals surface area contributed by atoms with Gasteiger partial charge in [-0.25, -0.2) is 4.98 Å². The molecule has 3 N–H and O–H groups in total. The van der Waals surface area contributed by atoms with Gasteiger partial charge in [-0.2, -0.15) is 13.2 Å². The third kappa shape index (κ3) is 2.62. The number of hydrogen-bond acceptors (Lipinski definition) is 4. The van der Waals surface area contributed by atoms with Crippen LogP contribution in [0.1, 0.15) is 12.0 Å². The van der Waals surface area contributed by atoms with E-state index < -0.39 is 23.2 Å². The van der Waals surface area contributed by atoms with Crippen LogP contribution in [0.5, 0.6) is 0 Å². The molecule has 2 rings (SSSR count). The Bertz CT molecular complexity index is 489. The van der Waals surface area contributed by atoms with Crippen molar-refractivity contribution >= 4 is 11.8 Å². The number of halogens is 3. The van der Waals surface area contributed by atoms with Crippen LogP contribution in [0.2, 0.25) is 0 Å². The van der Waals surface area contributed by atoms with Crippen molar-refractivity contribution in [2.75, 3.05) is 18.0 Å². The Labute approximate surface area is 106 Å². The van der Waals surface area contributed by atoms with E-state index in [0.717, 1.165) is 12.3 Å². The minimum Gasteiger partial charge on any atom is -0.480 e. The van der Waals surface area contributed by atoms with E-state index in [0.29, 0.717) is 12.4 Å². The summed E-state index contributed by atoms with van der Waals surface area (Å²) in [6, 6.07) is 2.13. The molecule has 104 valence electrons. The van der Waals surface area contributed by atoms with Gasteiger partial charge in [-0.05, 0) is 18.6 Å². The maximum absolute atomic E-state index is 12.4. The zero-order chi connectivity index (χ0) is 14.3. The number of carboxylic acid groups (broad SMARTS) is 1. The van der Waals surface area contributed by atoms with Crippen LogP contribution in [0, 0.1) is 0 Å². The first kappa shape index (κ1) is 13.6. The summed E-state index contributed by atoms with van der Waals surface area (Å²) >= 11 is 0. The lowest BCUT2D eigenvalue weighted by Crippen LogP contribution is -2.50. The molecule has 19 heavy (non-hydrogen) atoms. The molecule has 1 aromatic heterocycles. The number of hydrogen-bond donors (Lipinski definition) is 2. The number of rotatable bonds is 2. The number of nitrogens with two attached hydrogens (primary N) is 1. The fraction of sp³-hybridized carbons (Fsp3) is 0.455. The van der Waals surface area contributed by atoms with Gasteiger partial charge in [0.15, 0.2) is 0 Å². The highest BCUT2D eigenvalue weighted by molar-refractivity contribution is 5.80. The van der Waals surface area contributed by atoms with E-state index in [-0.39, 0.29) is 13.0 Å². The largest absolute Gasteiger partial charge is 0.480 e. The average molecular weight is 275 g/mol. The standard InChI is InChI=1S/C11H12F3N3O2/c12-11(13,14)7-1-2-8(16-5-7)17-4-3-10(15,6-17)9(18)19/h1-2,5H,3-4,6,15H2,(H,18,19). The predicted octanol–water partition coefficient (Wildman–Crippen LogP) is 1.09. The van der Waals surface area contributed by atoms with Crippen LogP contribution in [0.3, 0.4) is 0 Å². The second kappa shape index (κ2) is 4.37. The number of pyridine rings is 1. The van der Waals surface area contributed by atoms with Crippen molar-refractivity contribution in [2.45, 2.75) is 18.1 Å². The molecule has 1 aliphatic rings. The molecule has 1 fully saturated rings. The minimum atomic E-state index is -4.44. The van der Waals surface area contributed by atoms with Crippen LogP contribution in [0.15, 0.2) is 18.3 Å². The smallest absolute Gasteiger partial charge is 0.417 e. The first-order valence-electron chi connectivity index (χ1n) is 5.53. The Morgan fingerprint density at radius 3 is 2.58 bits per heavy atom. The number of carbonyl (C=O) groups is 1. The highest BCUT2D eigenvalue weighted by Gasteiger charge is 2.42. The Morgan fingerprint density at radius 2 is 2.16 bits per heavy atom. The summed E-state index contributed by atoms with van der Waals surface area (Å²) in [7, 11) is 0. The van der Waals surface area contributed by atoms with E-state index in [4.69, 9.17) is 10.8 Å². The summed E-state index contributed by atoms with van der Waals surface area (Å²) in [6.45, 7) is 0.377. The van der Waals surface area contributed by atoms with E-state index in [1.165, 1.54) is 6.07 Å². The zero-order valence-electron chi connectivity index (χ0n) is 9.81. The van der Waals surface area contributed by atoms with Gasteiger partial charge in [-0.15, -0.1) is 0 Å². The van der Waals surface area contributed by atoms with Crippen molar-refractivity contribution in [3.63, 3.8) is 0 Å². The Hall–Kier alpha value is -1.83. The Balaban J connectivity index is 2.15. The maximum atomic E-state index is 12.4. The summed E-state index contributed by atoms with van der Waals surface area (Å²) < 4.78 is 37.1. The van der Waals surface area contributed by atoms with Gasteiger partial charge < -0.3 is 15.7 Å². The highest BCUT2D eigenvalue weighted by atomic mass is 19.4. The van der Waals surface area contributed by atoms with Gasteiger partial charge in [0.1, 0.15) is 11.4 Å². The first-order chi connectivity index (χ1) is 8.72. The fourth-order valence-corrected chi connectivity index (χ4v) is 1.94. The molecule has 1 aliphatic heterocycles. The second-order valence-electron chi connectivity index (χ2n) is 4.54. The van der Waals surface area contributed by atoms with Gasteiger partial charge in [0.25, 0.3) is 0 Å². The molecule has 5 nitrogen and oxygen atoms in total. The molecule has 1 saturated heterocycles. The predicted molar refractivity (Wildman–Crippen MR) is 60.6 cm³/mol. The number of alkyl halides is 3. The average Bonchev–Trinajstić information content (AvgIpc) is 2.72. The van der Waals surface area contributed by atoms with E-state index in [1.54, 1.807) is 4.90 Å². The van der Waals surface area contributed by atoms with Crippen LogP contribution in [0.25, 0.3) is 0 Å². The lowest BCUT2D eigenvalue weighted by molar-refractivity contribution is -0.142. The van der Waals surface area contributed by atoms with Gasteiger partial charge in [0, 0.05) is 19.3 Å². The first-order valence-corrected chi connectivity index (χ1v) is 5.53. The maximum Gasteiger partial charge on any atom is 0.417 e. The van der Waals surface area contributed by atoms with Crippen LogP contribution < -0.4 is 10.6 Å². The molecule has 1 aromatic rings. The van der Waals surface area contributed by atoms with E-state index in [2.05, 4.69) is 4.98 Å². The molecule has 0 saturated carbocycles. The molecular weight excluding hydrogens is 263 g/mol. The third-order valence-electron chi connectivity index (χ3n) is 3.13. The summed E-state index contributed by atoms with van der Waals surface area (Å²) in [5, 5.41) is 8.97. The van der Waals surface area contributed by atoms with Crippen molar-refractivity contribution in [1.82, 2.24) is 4.98 Å². The summed E-state index contributed by atoms with van der Waals surface area (Å²) in [5.74, 6) is -0.830. The molecular formula is C11H12F3N3O2. The monoisotopic (exact) mass is 275 g/mol. The number of nitrogens with zero attached hydrogens (tertiary/aromatic N) is 2. The molecule has 2 heterocycles. The molecule has 0 spiro atoms. The van der Waals surface area contributed by atoms with Gasteiger partial charge in [-0.3, -0.25) is 4.79 Å². The van der Waals surface area contributed by atoms with Gasteiger partial charge >= 0.3 is 12.1 Å².